The summed E-state index contributed by atoms with van der Waals surface area (Å²) >= 11 is 3.67. The van der Waals surface area contributed by atoms with Crippen LogP contribution >= 0.6 is 15.9 Å². The first kappa shape index (κ1) is 14.7. The van der Waals surface area contributed by atoms with E-state index < -0.39 is 0 Å². The first-order valence-electron chi connectivity index (χ1n) is 7.14. The molecule has 0 amide bonds. The van der Waals surface area contributed by atoms with E-state index in [1.54, 1.807) is 0 Å². The van der Waals surface area contributed by atoms with Gasteiger partial charge in [0, 0.05) is 13.1 Å². The van der Waals surface area contributed by atoms with E-state index in [2.05, 4.69) is 44.5 Å². The molecular formula is C14H22BrN3O. The van der Waals surface area contributed by atoms with E-state index in [1.807, 2.05) is 0 Å². The number of carbonyl (C=O) groups excluding carboxylic acids is 1. The minimum absolute atomic E-state index is 0.0749. The van der Waals surface area contributed by atoms with Gasteiger partial charge >= 0.3 is 0 Å². The number of likely N-dealkylation sites (tertiary alicyclic amines) is 1. The quantitative estimate of drug-likeness (QED) is 0.780. The molecule has 0 saturated carbocycles. The smallest absolute Gasteiger partial charge is 0.137 e. The Morgan fingerprint density at radius 1 is 1.42 bits per heavy atom. The van der Waals surface area contributed by atoms with Gasteiger partial charge in [-0.1, -0.05) is 13.3 Å². The van der Waals surface area contributed by atoms with Gasteiger partial charge < -0.3 is 4.79 Å². The van der Waals surface area contributed by atoms with Gasteiger partial charge in [-0.15, -0.1) is 0 Å². The van der Waals surface area contributed by atoms with E-state index in [9.17, 15) is 4.79 Å². The molecule has 1 atom stereocenters. The van der Waals surface area contributed by atoms with Gasteiger partial charge in [0.05, 0.1) is 21.9 Å². The molecule has 19 heavy (non-hydrogen) atoms. The summed E-state index contributed by atoms with van der Waals surface area (Å²) in [6, 6.07) is 0.0749. The molecule has 1 fully saturated rings. The molecule has 4 nitrogen and oxygen atoms in total. The molecule has 1 aromatic heterocycles. The number of nitrogens with zero attached hydrogens (tertiary/aromatic N) is 3. The Hall–Kier alpha value is -0.680. The maximum atomic E-state index is 11.2. The fourth-order valence-electron chi connectivity index (χ4n) is 2.73. The minimum Gasteiger partial charge on any atom is -0.302 e. The molecule has 0 bridgehead atoms. The molecule has 0 N–H and O–H groups in total. The normalized spacial score (nSPS) is 20.7. The molecule has 2 rings (SSSR count). The van der Waals surface area contributed by atoms with Crippen LogP contribution in [0, 0.1) is 0 Å². The topological polar surface area (TPSA) is 38.1 Å². The molecule has 1 aliphatic rings. The zero-order valence-corrected chi connectivity index (χ0v) is 13.3. The van der Waals surface area contributed by atoms with Gasteiger partial charge in [-0.25, -0.2) is 0 Å². The van der Waals surface area contributed by atoms with Crippen molar-refractivity contribution in [1.82, 2.24) is 14.7 Å². The third-order valence-corrected chi connectivity index (χ3v) is 4.78. The van der Waals surface area contributed by atoms with Gasteiger partial charge in [0.2, 0.25) is 0 Å². The van der Waals surface area contributed by atoms with Crippen LogP contribution in [0.15, 0.2) is 4.47 Å². The number of halogens is 1. The van der Waals surface area contributed by atoms with Crippen molar-refractivity contribution < 1.29 is 4.79 Å². The van der Waals surface area contributed by atoms with Crippen LogP contribution in [0.3, 0.4) is 0 Å². The monoisotopic (exact) mass is 327 g/mol. The highest BCUT2D eigenvalue weighted by molar-refractivity contribution is 9.10. The molecule has 0 aliphatic carbocycles. The molecule has 2 heterocycles. The van der Waals surface area contributed by atoms with Gasteiger partial charge in [0.25, 0.3) is 0 Å². The summed E-state index contributed by atoms with van der Waals surface area (Å²) < 4.78 is 3.17. The molecule has 1 aliphatic heterocycles. The van der Waals surface area contributed by atoms with E-state index in [1.165, 1.54) is 12.1 Å². The van der Waals surface area contributed by atoms with Crippen molar-refractivity contribution in [3.8, 4) is 0 Å². The number of rotatable bonds is 5. The fraction of sp³-hybridized carbons (Fsp3) is 0.714. The summed E-state index contributed by atoms with van der Waals surface area (Å²) in [5.74, 6) is 0. The van der Waals surface area contributed by atoms with Crippen molar-refractivity contribution in [3.63, 3.8) is 0 Å². The van der Waals surface area contributed by atoms with Crippen LogP contribution < -0.4 is 0 Å². The molecule has 106 valence electrons. The van der Waals surface area contributed by atoms with Gasteiger partial charge in [-0.2, -0.15) is 5.10 Å². The lowest BCUT2D eigenvalue weighted by Gasteiger charge is -2.32. The Morgan fingerprint density at radius 2 is 2.21 bits per heavy atom. The van der Waals surface area contributed by atoms with E-state index >= 15 is 0 Å². The number of hydrogen-bond donors (Lipinski definition) is 0. The van der Waals surface area contributed by atoms with E-state index in [0.29, 0.717) is 0 Å². The first-order valence-corrected chi connectivity index (χ1v) is 7.93. The highest BCUT2D eigenvalue weighted by Gasteiger charge is 2.24. The van der Waals surface area contributed by atoms with E-state index in [0.717, 1.165) is 55.3 Å². The molecular weight excluding hydrogens is 306 g/mol. The van der Waals surface area contributed by atoms with Crippen LogP contribution in [-0.2, 0) is 24.3 Å². The average molecular weight is 328 g/mol. The van der Waals surface area contributed by atoms with Gasteiger partial charge in [0.1, 0.15) is 6.29 Å². The van der Waals surface area contributed by atoms with Crippen molar-refractivity contribution in [1.29, 1.82) is 0 Å². The second-order valence-electron chi connectivity index (χ2n) is 5.05. The minimum atomic E-state index is 0.0749. The third kappa shape index (κ3) is 3.08. The highest BCUT2D eigenvalue weighted by Crippen LogP contribution is 2.26. The molecule has 5 heteroatoms. The predicted octanol–water partition coefficient (Wildman–Crippen LogP) is 2.78. The molecule has 1 aromatic rings. The Bertz CT molecular complexity index is 444. The number of hydrogen-bond acceptors (Lipinski definition) is 3. The Labute approximate surface area is 123 Å². The largest absolute Gasteiger partial charge is 0.302 e. The molecule has 1 unspecified atom stereocenters. The van der Waals surface area contributed by atoms with Crippen molar-refractivity contribution in [2.75, 3.05) is 6.54 Å². The maximum Gasteiger partial charge on any atom is 0.137 e. The molecule has 1 saturated heterocycles. The summed E-state index contributed by atoms with van der Waals surface area (Å²) in [6.07, 6.45) is 5.36. The number of piperidine rings is 1. The standard InChI is InChI=1S/C14H22BrN3O/c1-3-12-14(15)13(18(4-2)16-12)9-17-8-6-5-7-11(17)10-19/h10-11H,3-9H2,1-2H3. The van der Waals surface area contributed by atoms with Crippen LogP contribution in [0.1, 0.15) is 44.5 Å². The summed E-state index contributed by atoms with van der Waals surface area (Å²) in [7, 11) is 0. The van der Waals surface area contributed by atoms with Crippen LogP contribution in [0.4, 0.5) is 0 Å². The molecule has 0 radical (unpaired) electrons. The summed E-state index contributed by atoms with van der Waals surface area (Å²) in [4.78, 5) is 13.5. The van der Waals surface area contributed by atoms with Gasteiger partial charge in [-0.3, -0.25) is 9.58 Å². The number of carbonyl (C=O) groups is 1. The van der Waals surface area contributed by atoms with Crippen molar-refractivity contribution in [2.24, 2.45) is 0 Å². The lowest BCUT2D eigenvalue weighted by molar-refractivity contribution is -0.113. The summed E-state index contributed by atoms with van der Waals surface area (Å²) in [5.41, 5.74) is 2.31. The van der Waals surface area contributed by atoms with Crippen molar-refractivity contribution >= 4 is 22.2 Å². The third-order valence-electron chi connectivity index (χ3n) is 3.87. The fourth-order valence-corrected chi connectivity index (χ4v) is 3.42. The van der Waals surface area contributed by atoms with Gasteiger partial charge in [-0.05, 0) is 48.7 Å². The van der Waals surface area contributed by atoms with Crippen LogP contribution in [0.25, 0.3) is 0 Å². The maximum absolute atomic E-state index is 11.2. The Morgan fingerprint density at radius 3 is 2.84 bits per heavy atom. The zero-order chi connectivity index (χ0) is 13.8. The zero-order valence-electron chi connectivity index (χ0n) is 11.7. The summed E-state index contributed by atoms with van der Waals surface area (Å²) in [5, 5.41) is 4.62. The second kappa shape index (κ2) is 6.66. The Balaban J connectivity index is 2.21. The lowest BCUT2D eigenvalue weighted by atomic mass is 10.0. The lowest BCUT2D eigenvalue weighted by Crippen LogP contribution is -2.40. The van der Waals surface area contributed by atoms with Crippen molar-refractivity contribution in [3.05, 3.63) is 15.9 Å². The number of aldehydes is 1. The van der Waals surface area contributed by atoms with Gasteiger partial charge in [0.15, 0.2) is 0 Å². The van der Waals surface area contributed by atoms with Crippen LogP contribution in [0.2, 0.25) is 0 Å². The second-order valence-corrected chi connectivity index (χ2v) is 5.84. The first-order chi connectivity index (χ1) is 9.21. The SMILES string of the molecule is CCc1nn(CC)c(CN2CCCCC2C=O)c1Br. The number of aryl methyl sites for hydroxylation is 2. The van der Waals surface area contributed by atoms with Crippen LogP contribution in [-0.4, -0.2) is 33.6 Å². The van der Waals surface area contributed by atoms with Crippen molar-refractivity contribution in [2.45, 2.75) is 58.7 Å². The van der Waals surface area contributed by atoms with Crippen LogP contribution in [0.5, 0.6) is 0 Å². The molecule has 0 aromatic carbocycles. The molecule has 0 spiro atoms. The van der Waals surface area contributed by atoms with E-state index in [4.69, 9.17) is 0 Å². The van der Waals surface area contributed by atoms with E-state index in [-0.39, 0.29) is 6.04 Å². The number of aromatic nitrogens is 2. The Kier molecular flexibility index (Phi) is 5.16. The summed E-state index contributed by atoms with van der Waals surface area (Å²) in [6.45, 7) is 6.91. The predicted molar refractivity (Wildman–Crippen MR) is 79.1 cm³/mol. The average Bonchev–Trinajstić information content (AvgIpc) is 2.76. The highest BCUT2D eigenvalue weighted by atomic mass is 79.9.